The van der Waals surface area contributed by atoms with E-state index >= 15 is 22.0 Å². The van der Waals surface area contributed by atoms with Gasteiger partial charge in [-0.1, -0.05) is 14.7 Å². The predicted octanol–water partition coefficient (Wildman–Crippen LogP) is 3.43. The van der Waals surface area contributed by atoms with E-state index in [1.165, 1.54) is 25.4 Å². The van der Waals surface area contributed by atoms with Crippen molar-refractivity contribution in [3.05, 3.63) is 68.7 Å². The van der Waals surface area contributed by atoms with Crippen LogP contribution in [0, 0.1) is 17.6 Å². The van der Waals surface area contributed by atoms with Gasteiger partial charge in [0.2, 0.25) is 27.4 Å². The maximum atomic E-state index is 16.0. The standard InChI is InChI=1S/C43H43ClF5IN10O4/c1-57-32-16-28(46)31(14-25(32)36-37(41(57)63)64-19-43(48,49)38(54-36)21-3-4-21)52-39-26(44)17-51-42(55-39)59-10-9-30(29(47)18-59)50-60-11-7-20(8-12-60)23-15-33-24(13-27(23)45)35(56-58(33)2)22-5-6-34(61)53-40(22)62/h13-17,20-22,29-30,38H,3-12,18-19H2,1-2H3,(H2-,51,52,53,54,55,61,62,63)/p+1/t22?,29-,30?,38?/m0/s1. The van der Waals surface area contributed by atoms with E-state index in [1.54, 1.807) is 16.6 Å². The number of nitrogens with one attached hydrogen (secondary N) is 3. The highest BCUT2D eigenvalue weighted by molar-refractivity contribution is 6.33. The van der Waals surface area contributed by atoms with Crippen LogP contribution in [0.5, 0.6) is 5.75 Å². The number of aryl methyl sites for hydroxylation is 2. The first-order valence-electron chi connectivity index (χ1n) is 21.3. The summed E-state index contributed by atoms with van der Waals surface area (Å²) in [5.74, 6) is -6.07. The summed E-state index contributed by atoms with van der Waals surface area (Å²) in [5.41, 5.74) is 1.26. The number of rotatable bonds is 8. The minimum Gasteiger partial charge on any atom is -0.480 e. The minimum atomic E-state index is -3.24. The Balaban J connectivity index is 0.794. The molecule has 2 aromatic carbocycles. The van der Waals surface area contributed by atoms with E-state index in [2.05, 4.69) is 34.1 Å². The summed E-state index contributed by atoms with van der Waals surface area (Å²) in [7, 11) is 3.18. The number of anilines is 4. The number of ether oxygens (including phenoxy) is 1. The number of nitrogens with zero attached hydrogens (tertiary/aromatic N) is 7. The third-order valence-electron chi connectivity index (χ3n) is 13.1. The minimum absolute atomic E-state index is 0.0310. The Morgan fingerprint density at radius 2 is 1.73 bits per heavy atom. The molecule has 0 bridgehead atoms. The number of piperidine rings is 3. The highest BCUT2D eigenvalue weighted by atomic mass is 127. The zero-order chi connectivity index (χ0) is 44.8. The largest absolute Gasteiger partial charge is 0.480 e. The van der Waals surface area contributed by atoms with Crippen LogP contribution in [0.4, 0.5) is 45.1 Å². The number of hydrogen-bond donors (Lipinski definition) is 3. The van der Waals surface area contributed by atoms with Gasteiger partial charge in [-0.15, -0.1) is 0 Å². The van der Waals surface area contributed by atoms with Gasteiger partial charge in [0, 0.05) is 63.4 Å². The van der Waals surface area contributed by atoms with Crippen LogP contribution < -0.4 is 52.6 Å². The van der Waals surface area contributed by atoms with E-state index in [4.69, 9.17) is 16.3 Å². The Kier molecular flexibility index (Phi) is 11.1. The van der Waals surface area contributed by atoms with Crippen LogP contribution in [0.15, 0.2) is 35.3 Å². The van der Waals surface area contributed by atoms with Crippen LogP contribution in [0.1, 0.15) is 68.0 Å². The maximum Gasteiger partial charge on any atom is 0.394 e. The number of alkyl halides is 4. The normalized spacial score (nSPS) is 24.3. The van der Waals surface area contributed by atoms with Crippen LogP contribution in [-0.4, -0.2) is 94.1 Å². The molecule has 1 saturated carbocycles. The summed E-state index contributed by atoms with van der Waals surface area (Å²) in [6.07, 6.45) is 3.91. The van der Waals surface area contributed by atoms with E-state index < -0.39 is 69.4 Å². The van der Waals surface area contributed by atoms with Crippen molar-refractivity contribution in [3.63, 3.8) is 0 Å². The molecule has 4 atom stereocenters. The molecule has 1 aliphatic carbocycles. The number of carbonyl (C=O) groups is 2. The van der Waals surface area contributed by atoms with Crippen LogP contribution in [-0.2, 0) is 23.7 Å². The number of fused-ring (bicyclic) bond motifs is 4. The van der Waals surface area contributed by atoms with Gasteiger partial charge in [-0.2, -0.15) is 10.1 Å². The fraction of sp³-hybridized carbons (Fsp3) is 0.488. The number of hydrogen-bond acceptors (Lipinski definition) is 11. The molecule has 64 heavy (non-hydrogen) atoms. The van der Waals surface area contributed by atoms with E-state index in [1.807, 2.05) is 6.07 Å². The first-order valence-corrected chi connectivity index (χ1v) is 23.9. The summed E-state index contributed by atoms with van der Waals surface area (Å²) in [6.45, 7) is 0.978. The first kappa shape index (κ1) is 43.1. The van der Waals surface area contributed by atoms with Crippen molar-refractivity contribution < 1.29 is 57.8 Å². The Bertz CT molecular complexity index is 2780. The van der Waals surface area contributed by atoms with Gasteiger partial charge in [-0.05, 0) is 67.7 Å². The Hall–Kier alpha value is -4.83. The zero-order valence-corrected chi connectivity index (χ0v) is 37.7. The molecule has 4 aliphatic heterocycles. The number of halogens is 7. The first-order chi connectivity index (χ1) is 30.6. The van der Waals surface area contributed by atoms with Crippen molar-refractivity contribution in [2.24, 2.45) is 20.0 Å². The smallest absolute Gasteiger partial charge is 0.394 e. The Morgan fingerprint density at radius 3 is 2.47 bits per heavy atom. The molecule has 338 valence electrons. The summed E-state index contributed by atoms with van der Waals surface area (Å²) in [4.78, 5) is 48.2. The lowest BCUT2D eigenvalue weighted by Crippen LogP contribution is -3.71. The number of benzene rings is 2. The molecule has 14 nitrogen and oxygen atoms in total. The lowest BCUT2D eigenvalue weighted by Gasteiger charge is -2.32. The van der Waals surface area contributed by atoms with Gasteiger partial charge in [-0.25, -0.2) is 26.9 Å². The highest BCUT2D eigenvalue weighted by Crippen LogP contribution is 2.46. The molecule has 5 aliphatic rings. The molecule has 7 heterocycles. The number of carbonyl (C=O) groups excluding carboxylic acids is 2. The average molecular weight is 1020 g/mol. The molecule has 4 fully saturated rings. The molecular formula is C43H44ClF5IN10O4+. The molecule has 5 aromatic rings. The molecular weight excluding hydrogens is 978 g/mol. The lowest BCUT2D eigenvalue weighted by atomic mass is 9.88. The molecule has 2 amide bonds. The van der Waals surface area contributed by atoms with E-state index in [0.29, 0.717) is 74.8 Å². The van der Waals surface area contributed by atoms with E-state index in [0.717, 1.165) is 16.2 Å². The van der Waals surface area contributed by atoms with Gasteiger partial charge >= 0.3 is 27.4 Å². The van der Waals surface area contributed by atoms with E-state index in [9.17, 15) is 14.4 Å². The second kappa shape index (κ2) is 16.6. The van der Waals surface area contributed by atoms with Gasteiger partial charge in [-0.3, -0.25) is 24.4 Å². The molecule has 21 heteroatoms. The number of aromatic nitrogens is 5. The number of amides is 2. The molecule has 0 spiro atoms. The topological polar surface area (TPSA) is 152 Å². The fourth-order valence-electron chi connectivity index (χ4n) is 9.49. The molecule has 3 unspecified atom stereocenters. The van der Waals surface area contributed by atoms with E-state index in [-0.39, 0.29) is 85.3 Å². The van der Waals surface area contributed by atoms with Crippen molar-refractivity contribution in [2.75, 3.05) is 48.3 Å². The second-order valence-electron chi connectivity index (χ2n) is 17.4. The zero-order valence-electron chi connectivity index (χ0n) is 34.7. The SMILES string of the molecule is Cn1nc(C2CCC(=O)NC2=O)c2cc(F)c(C3CCN([I+]C4CCN(c5ncc(Cl)c(Nc6cc7c8c(c(=O)n(C)c7cc6F)OCC(F)(F)C(C6CC6)N8)n5)C[C@@H]4F)CC3)cc21. The molecule has 3 aromatic heterocycles. The molecule has 3 N–H and O–H groups in total. The lowest BCUT2D eigenvalue weighted by molar-refractivity contribution is -0.835. The summed E-state index contributed by atoms with van der Waals surface area (Å²) >= 11 is 5.80. The Morgan fingerprint density at radius 1 is 0.953 bits per heavy atom. The van der Waals surface area contributed by atoms with Gasteiger partial charge in [0.05, 0.1) is 52.8 Å². The van der Waals surface area contributed by atoms with Gasteiger partial charge in [0.25, 0.3) is 5.56 Å². The number of imide groups is 1. The van der Waals surface area contributed by atoms with Crippen LogP contribution in [0.25, 0.3) is 21.8 Å². The molecule has 0 radical (unpaired) electrons. The monoisotopic (exact) mass is 1020 g/mol. The maximum absolute atomic E-state index is 16.0. The van der Waals surface area contributed by atoms with Crippen LogP contribution in [0.2, 0.25) is 5.02 Å². The van der Waals surface area contributed by atoms with Crippen LogP contribution in [0.3, 0.4) is 0 Å². The Labute approximate surface area is 378 Å². The fourth-order valence-corrected chi connectivity index (χ4v) is 12.9. The molecule has 10 rings (SSSR count). The third kappa shape index (κ3) is 7.89. The third-order valence-corrected chi connectivity index (χ3v) is 17.3. The van der Waals surface area contributed by atoms with Crippen LogP contribution >= 0.6 is 11.6 Å². The van der Waals surface area contributed by atoms with Gasteiger partial charge in [0.1, 0.15) is 16.7 Å². The van der Waals surface area contributed by atoms with Gasteiger partial charge < -0.3 is 24.8 Å². The average Bonchev–Trinajstić information content (AvgIpc) is 4.07. The van der Waals surface area contributed by atoms with Crippen molar-refractivity contribution in [3.8, 4) is 5.75 Å². The summed E-state index contributed by atoms with van der Waals surface area (Å²) in [6, 6.07) is 4.56. The quantitative estimate of drug-likeness (QED) is 0.0691. The number of pyridine rings is 1. The van der Waals surface area contributed by atoms with Crippen molar-refractivity contribution in [1.29, 1.82) is 0 Å². The molecule has 3 saturated heterocycles. The summed E-state index contributed by atoms with van der Waals surface area (Å²) in [5, 5.41) is 13.6. The van der Waals surface area contributed by atoms with Crippen molar-refractivity contribution in [1.82, 2.24) is 32.7 Å². The van der Waals surface area contributed by atoms with Crippen molar-refractivity contribution >= 4 is 68.4 Å². The van der Waals surface area contributed by atoms with Crippen molar-refractivity contribution in [2.45, 2.75) is 78.8 Å². The second-order valence-corrected chi connectivity index (χ2v) is 21.3. The predicted molar refractivity (Wildman–Crippen MR) is 225 cm³/mol. The summed E-state index contributed by atoms with van der Waals surface area (Å²) < 4.78 is 88.3. The highest BCUT2D eigenvalue weighted by Gasteiger charge is 2.51. The van der Waals surface area contributed by atoms with Gasteiger partial charge in [0.15, 0.2) is 18.6 Å².